The summed E-state index contributed by atoms with van der Waals surface area (Å²) in [5.74, 6) is 0.118. The van der Waals surface area contributed by atoms with Crippen LogP contribution in [0.25, 0.3) is 33.1 Å². The van der Waals surface area contributed by atoms with Gasteiger partial charge in [0.15, 0.2) is 0 Å². The van der Waals surface area contributed by atoms with E-state index in [4.69, 9.17) is 8.83 Å². The Balaban J connectivity index is 2.03. The Bertz CT molecular complexity index is 1360. The minimum atomic E-state index is -0.588. The molecule has 6 nitrogen and oxygen atoms in total. The van der Waals surface area contributed by atoms with Crippen molar-refractivity contribution in [2.75, 3.05) is 13.1 Å². The molecule has 0 spiro atoms. The first kappa shape index (κ1) is 19.9. The average molecular weight is 406 g/mol. The normalized spacial score (nSPS) is 11.6. The maximum atomic E-state index is 12.7. The van der Waals surface area contributed by atoms with Crippen molar-refractivity contribution in [3.8, 4) is 16.9 Å². The van der Waals surface area contributed by atoms with Crippen LogP contribution in [0.2, 0.25) is 0 Å². The van der Waals surface area contributed by atoms with Crippen molar-refractivity contribution in [1.29, 1.82) is 0 Å². The molecule has 0 unspecified atom stereocenters. The Morgan fingerprint density at radius 3 is 2.43 bits per heavy atom. The lowest BCUT2D eigenvalue weighted by Gasteiger charge is -2.18. The molecule has 0 bridgehead atoms. The summed E-state index contributed by atoms with van der Waals surface area (Å²) in [4.78, 5) is 26.3. The Morgan fingerprint density at radius 2 is 1.70 bits per heavy atom. The average Bonchev–Trinajstić information content (AvgIpc) is 2.74. The summed E-state index contributed by atoms with van der Waals surface area (Å²) >= 11 is 0. The number of nitrogens with one attached hydrogen (secondary N) is 1. The quantitative estimate of drug-likeness (QED) is 0.498. The van der Waals surface area contributed by atoms with Gasteiger partial charge >= 0.3 is 11.3 Å². The lowest BCUT2D eigenvalue weighted by Crippen LogP contribution is -3.10. The van der Waals surface area contributed by atoms with E-state index in [1.165, 1.54) is 11.0 Å². The number of phenols is 1. The molecule has 2 aromatic carbocycles. The summed E-state index contributed by atoms with van der Waals surface area (Å²) in [6.07, 6.45) is 0. The van der Waals surface area contributed by atoms with E-state index < -0.39 is 11.3 Å². The Labute approximate surface area is 173 Å². The van der Waals surface area contributed by atoms with Crippen molar-refractivity contribution in [3.63, 3.8) is 0 Å². The summed E-state index contributed by atoms with van der Waals surface area (Å²) in [5.41, 5.74) is 1.62. The van der Waals surface area contributed by atoms with E-state index in [1.54, 1.807) is 25.1 Å². The van der Waals surface area contributed by atoms with Crippen LogP contribution in [0.15, 0.2) is 60.9 Å². The molecule has 4 aromatic rings. The predicted octanol–water partition coefficient (Wildman–Crippen LogP) is 3.01. The molecule has 2 N–H and O–H groups in total. The number of phenolic OH excluding ortho intramolecular Hbond substituents is 1. The second kappa shape index (κ2) is 7.80. The van der Waals surface area contributed by atoms with Gasteiger partial charge in [-0.25, -0.2) is 9.59 Å². The minimum absolute atomic E-state index is 0.118. The van der Waals surface area contributed by atoms with Gasteiger partial charge in [0.25, 0.3) is 0 Å². The minimum Gasteiger partial charge on any atom is -0.507 e. The Kier molecular flexibility index (Phi) is 5.18. The molecule has 0 amide bonds. The maximum Gasteiger partial charge on any atom is 0.344 e. The number of hydrogen-bond acceptors (Lipinski definition) is 5. The van der Waals surface area contributed by atoms with Crippen LogP contribution in [0.4, 0.5) is 0 Å². The van der Waals surface area contributed by atoms with Crippen LogP contribution in [0.5, 0.6) is 5.75 Å². The van der Waals surface area contributed by atoms with Crippen molar-refractivity contribution < 1.29 is 18.8 Å². The number of aromatic hydroxyl groups is 1. The number of rotatable bonds is 5. The van der Waals surface area contributed by atoms with Gasteiger partial charge in [0.1, 0.15) is 23.5 Å². The van der Waals surface area contributed by atoms with E-state index in [2.05, 4.69) is 13.8 Å². The highest BCUT2D eigenvalue weighted by Crippen LogP contribution is 2.35. The molecular formula is C24H24NO5+. The third kappa shape index (κ3) is 3.39. The Hall–Kier alpha value is -3.38. The molecule has 0 saturated carbocycles. The highest BCUT2D eigenvalue weighted by Gasteiger charge is 2.20. The highest BCUT2D eigenvalue weighted by molar-refractivity contribution is 5.97. The van der Waals surface area contributed by atoms with Crippen LogP contribution >= 0.6 is 0 Å². The van der Waals surface area contributed by atoms with Gasteiger partial charge in [0, 0.05) is 33.5 Å². The summed E-state index contributed by atoms with van der Waals surface area (Å²) in [6.45, 7) is 8.36. The van der Waals surface area contributed by atoms with Crippen LogP contribution in [-0.4, -0.2) is 18.2 Å². The lowest BCUT2D eigenvalue weighted by molar-refractivity contribution is -0.910. The van der Waals surface area contributed by atoms with E-state index in [9.17, 15) is 14.7 Å². The van der Waals surface area contributed by atoms with Crippen molar-refractivity contribution >= 4 is 21.9 Å². The number of quaternary nitrogens is 1. The fourth-order valence-corrected chi connectivity index (χ4v) is 3.89. The largest absolute Gasteiger partial charge is 0.507 e. The van der Waals surface area contributed by atoms with Gasteiger partial charge in [0.2, 0.25) is 0 Å². The molecule has 0 aliphatic rings. The second-order valence-corrected chi connectivity index (χ2v) is 7.48. The number of fused-ring (bicyclic) bond motifs is 2. The van der Waals surface area contributed by atoms with Crippen molar-refractivity contribution in [1.82, 2.24) is 0 Å². The Morgan fingerprint density at radius 1 is 0.967 bits per heavy atom. The zero-order chi connectivity index (χ0) is 21.4. The smallest absolute Gasteiger partial charge is 0.344 e. The first-order valence-corrected chi connectivity index (χ1v) is 10.1. The standard InChI is InChI=1S/C24H23NO5/c1-4-25(5-2)13-16-11-18-17(12-21(26)30-23(18)14(3)22(16)27)19-10-15-8-6-7-9-20(15)29-24(19)28/h6-12,27H,4-5,13H2,1-3H3/p+1. The van der Waals surface area contributed by atoms with Gasteiger partial charge in [-0.1, -0.05) is 18.2 Å². The molecule has 30 heavy (non-hydrogen) atoms. The van der Waals surface area contributed by atoms with E-state index in [-0.39, 0.29) is 16.9 Å². The highest BCUT2D eigenvalue weighted by atomic mass is 16.4. The van der Waals surface area contributed by atoms with Gasteiger partial charge in [-0.15, -0.1) is 0 Å². The lowest BCUT2D eigenvalue weighted by atomic mass is 9.97. The molecule has 6 heteroatoms. The molecule has 0 atom stereocenters. The number of para-hydroxylation sites is 1. The molecule has 0 saturated heterocycles. The summed E-state index contributed by atoms with van der Waals surface area (Å²) in [5, 5.41) is 12.1. The van der Waals surface area contributed by atoms with Gasteiger partial charge in [0.05, 0.1) is 18.7 Å². The summed E-state index contributed by atoms with van der Waals surface area (Å²) in [7, 11) is 0. The molecule has 0 fully saturated rings. The van der Waals surface area contributed by atoms with E-state index in [0.717, 1.165) is 24.0 Å². The van der Waals surface area contributed by atoms with Gasteiger partial charge in [-0.2, -0.15) is 0 Å². The van der Waals surface area contributed by atoms with E-state index >= 15 is 0 Å². The summed E-state index contributed by atoms with van der Waals surface area (Å²) < 4.78 is 10.9. The molecule has 0 radical (unpaired) electrons. The molecule has 2 aromatic heterocycles. The van der Waals surface area contributed by atoms with E-state index in [0.29, 0.717) is 28.6 Å². The van der Waals surface area contributed by atoms with Crippen LogP contribution in [0.3, 0.4) is 0 Å². The van der Waals surface area contributed by atoms with Gasteiger partial charge in [-0.05, 0) is 39.0 Å². The van der Waals surface area contributed by atoms with Crippen LogP contribution in [0.1, 0.15) is 25.0 Å². The van der Waals surface area contributed by atoms with Crippen LogP contribution in [-0.2, 0) is 6.54 Å². The zero-order valence-electron chi connectivity index (χ0n) is 17.2. The third-order valence-electron chi connectivity index (χ3n) is 5.69. The number of hydrogen-bond donors (Lipinski definition) is 2. The molecule has 154 valence electrons. The fraction of sp³-hybridized carbons (Fsp3) is 0.250. The molecule has 4 rings (SSSR count). The third-order valence-corrected chi connectivity index (χ3v) is 5.69. The maximum absolute atomic E-state index is 12.7. The second-order valence-electron chi connectivity index (χ2n) is 7.48. The summed E-state index contributed by atoms with van der Waals surface area (Å²) in [6, 6.07) is 12.1. The molecule has 2 heterocycles. The molecule has 0 aliphatic carbocycles. The zero-order valence-corrected chi connectivity index (χ0v) is 17.2. The van der Waals surface area contributed by atoms with Crippen LogP contribution in [0, 0.1) is 6.92 Å². The number of benzene rings is 2. The predicted molar refractivity (Wildman–Crippen MR) is 116 cm³/mol. The topological polar surface area (TPSA) is 85.1 Å². The first-order valence-electron chi connectivity index (χ1n) is 10.1. The van der Waals surface area contributed by atoms with Crippen molar-refractivity contribution in [3.05, 3.63) is 74.4 Å². The van der Waals surface area contributed by atoms with E-state index in [1.807, 2.05) is 18.2 Å². The van der Waals surface area contributed by atoms with Gasteiger partial charge in [-0.3, -0.25) is 0 Å². The molecule has 0 aliphatic heterocycles. The monoisotopic (exact) mass is 406 g/mol. The van der Waals surface area contributed by atoms with Crippen molar-refractivity contribution in [2.24, 2.45) is 0 Å². The first-order chi connectivity index (χ1) is 14.4. The molecular weight excluding hydrogens is 382 g/mol. The SMILES string of the molecule is CC[NH+](CC)Cc1cc2c(-c3cc4ccccc4oc3=O)cc(=O)oc2c(C)c1O. The van der Waals surface area contributed by atoms with Gasteiger partial charge < -0.3 is 18.8 Å². The van der Waals surface area contributed by atoms with Crippen molar-refractivity contribution in [2.45, 2.75) is 27.3 Å². The number of aryl methyl sites for hydroxylation is 1. The van der Waals surface area contributed by atoms with Crippen LogP contribution < -0.4 is 16.2 Å². The fourth-order valence-electron chi connectivity index (χ4n) is 3.89.